The topological polar surface area (TPSA) is 86.2 Å². The molecule has 0 bridgehead atoms. The van der Waals surface area contributed by atoms with E-state index in [1.54, 1.807) is 6.07 Å². The van der Waals surface area contributed by atoms with Crippen LogP contribution in [-0.4, -0.2) is 10.8 Å². The number of amides is 1. The van der Waals surface area contributed by atoms with Crippen LogP contribution in [0.15, 0.2) is 18.2 Å². The van der Waals surface area contributed by atoms with Crippen molar-refractivity contribution in [3.8, 4) is 0 Å². The summed E-state index contributed by atoms with van der Waals surface area (Å²) in [4.78, 5) is 21.1. The van der Waals surface area contributed by atoms with E-state index in [-0.39, 0.29) is 17.2 Å². The van der Waals surface area contributed by atoms with Crippen LogP contribution in [0.5, 0.6) is 0 Å². The number of nitro benzene ring substituents is 1. The minimum atomic E-state index is -0.637. The molecule has 0 radical (unpaired) electrons. The number of nitro groups is 1. The van der Waals surface area contributed by atoms with Crippen molar-refractivity contribution in [1.82, 2.24) is 0 Å². The summed E-state index contributed by atoms with van der Waals surface area (Å²) in [5, 5.41) is 10.5. The third-order valence-electron chi connectivity index (χ3n) is 2.14. The average Bonchev–Trinajstić information content (AvgIpc) is 2.16. The summed E-state index contributed by atoms with van der Waals surface area (Å²) < 4.78 is 0. The van der Waals surface area contributed by atoms with E-state index in [1.165, 1.54) is 12.1 Å². The number of nitrogens with two attached hydrogens (primary N) is 1. The summed E-state index contributed by atoms with van der Waals surface area (Å²) in [6, 6.07) is 4.17. The lowest BCUT2D eigenvalue weighted by Crippen LogP contribution is -2.14. The van der Waals surface area contributed by atoms with E-state index in [1.807, 2.05) is 13.8 Å². The zero-order chi connectivity index (χ0) is 11.6. The van der Waals surface area contributed by atoms with Gasteiger partial charge in [-0.15, -0.1) is 0 Å². The van der Waals surface area contributed by atoms with Crippen molar-refractivity contribution in [2.24, 2.45) is 5.73 Å². The van der Waals surface area contributed by atoms with E-state index in [9.17, 15) is 14.9 Å². The zero-order valence-corrected chi connectivity index (χ0v) is 8.56. The van der Waals surface area contributed by atoms with E-state index in [0.29, 0.717) is 0 Å². The Morgan fingerprint density at radius 3 is 2.47 bits per heavy atom. The van der Waals surface area contributed by atoms with Crippen LogP contribution in [0.4, 0.5) is 5.69 Å². The zero-order valence-electron chi connectivity index (χ0n) is 8.56. The number of nitrogens with zero attached hydrogens (tertiary/aromatic N) is 1. The second kappa shape index (κ2) is 4.08. The Kier molecular flexibility index (Phi) is 3.04. The molecule has 2 N–H and O–H groups in total. The number of primary amides is 1. The van der Waals surface area contributed by atoms with Crippen molar-refractivity contribution >= 4 is 11.6 Å². The van der Waals surface area contributed by atoms with Gasteiger partial charge in [0.1, 0.15) is 0 Å². The Morgan fingerprint density at radius 2 is 2.07 bits per heavy atom. The van der Waals surface area contributed by atoms with Crippen molar-refractivity contribution < 1.29 is 9.72 Å². The van der Waals surface area contributed by atoms with Gasteiger partial charge < -0.3 is 5.73 Å². The molecule has 0 aromatic heterocycles. The lowest BCUT2D eigenvalue weighted by Gasteiger charge is -2.09. The minimum absolute atomic E-state index is 0.105. The fourth-order valence-corrected chi connectivity index (χ4v) is 1.37. The summed E-state index contributed by atoms with van der Waals surface area (Å²) >= 11 is 0. The van der Waals surface area contributed by atoms with Gasteiger partial charge in [-0.1, -0.05) is 19.9 Å². The Labute approximate surface area is 87.0 Å². The van der Waals surface area contributed by atoms with Crippen molar-refractivity contribution in [1.29, 1.82) is 0 Å². The van der Waals surface area contributed by atoms with Crippen molar-refractivity contribution in [2.45, 2.75) is 19.8 Å². The smallest absolute Gasteiger partial charge is 0.270 e. The van der Waals surface area contributed by atoms with Crippen LogP contribution in [0.1, 0.15) is 35.7 Å². The molecule has 0 heterocycles. The Hall–Kier alpha value is -1.91. The predicted molar refractivity (Wildman–Crippen MR) is 55.7 cm³/mol. The average molecular weight is 208 g/mol. The standard InChI is InChI=1S/C10H12N2O3/c1-6(2)8-4-3-7(12(14)15)5-9(8)10(11)13/h3-6H,1-2H3,(H2,11,13). The first-order valence-electron chi connectivity index (χ1n) is 4.51. The molecule has 1 amide bonds. The van der Waals surface area contributed by atoms with Gasteiger partial charge in [0.2, 0.25) is 5.91 Å². The van der Waals surface area contributed by atoms with E-state index in [0.717, 1.165) is 5.56 Å². The first kappa shape index (κ1) is 11.2. The summed E-state index contributed by atoms with van der Waals surface area (Å²) in [7, 11) is 0. The number of hydrogen-bond donors (Lipinski definition) is 1. The molecule has 0 spiro atoms. The molecule has 1 rings (SSSR count). The van der Waals surface area contributed by atoms with Gasteiger partial charge in [0.15, 0.2) is 0 Å². The lowest BCUT2D eigenvalue weighted by molar-refractivity contribution is -0.384. The normalized spacial score (nSPS) is 10.3. The highest BCUT2D eigenvalue weighted by atomic mass is 16.6. The quantitative estimate of drug-likeness (QED) is 0.607. The highest BCUT2D eigenvalue weighted by Crippen LogP contribution is 2.23. The van der Waals surface area contributed by atoms with Crippen molar-refractivity contribution in [3.05, 3.63) is 39.4 Å². The molecule has 5 nitrogen and oxygen atoms in total. The maximum absolute atomic E-state index is 11.1. The van der Waals surface area contributed by atoms with Gasteiger partial charge >= 0.3 is 0 Å². The summed E-state index contributed by atoms with van der Waals surface area (Å²) in [5.74, 6) is -0.532. The van der Waals surface area contributed by atoms with Gasteiger partial charge in [0.25, 0.3) is 5.69 Å². The van der Waals surface area contributed by atoms with Crippen molar-refractivity contribution in [3.63, 3.8) is 0 Å². The molecule has 1 aromatic rings. The number of non-ortho nitro benzene ring substituents is 1. The van der Waals surface area contributed by atoms with Crippen LogP contribution in [0, 0.1) is 10.1 Å². The minimum Gasteiger partial charge on any atom is -0.366 e. The molecular formula is C10H12N2O3. The molecule has 0 fully saturated rings. The molecule has 5 heteroatoms. The Morgan fingerprint density at radius 1 is 1.47 bits per heavy atom. The molecule has 15 heavy (non-hydrogen) atoms. The molecule has 0 aliphatic heterocycles. The third-order valence-corrected chi connectivity index (χ3v) is 2.14. The number of carbonyl (C=O) groups excluding carboxylic acids is 1. The molecule has 0 saturated carbocycles. The highest BCUT2D eigenvalue weighted by Gasteiger charge is 2.15. The van der Waals surface area contributed by atoms with Gasteiger partial charge in [-0.25, -0.2) is 0 Å². The number of carbonyl (C=O) groups is 1. The summed E-state index contributed by atoms with van der Waals surface area (Å²) in [6.07, 6.45) is 0. The molecular weight excluding hydrogens is 196 g/mol. The van der Waals surface area contributed by atoms with E-state index in [2.05, 4.69) is 0 Å². The summed E-state index contributed by atoms with van der Waals surface area (Å²) in [5.41, 5.74) is 5.99. The first-order chi connectivity index (χ1) is 6.93. The first-order valence-corrected chi connectivity index (χ1v) is 4.51. The summed E-state index contributed by atoms with van der Waals surface area (Å²) in [6.45, 7) is 3.79. The van der Waals surface area contributed by atoms with Gasteiger partial charge in [-0.05, 0) is 11.5 Å². The van der Waals surface area contributed by atoms with E-state index in [4.69, 9.17) is 5.73 Å². The van der Waals surface area contributed by atoms with Crippen LogP contribution in [-0.2, 0) is 0 Å². The number of hydrogen-bond acceptors (Lipinski definition) is 3. The maximum atomic E-state index is 11.1. The molecule has 80 valence electrons. The SMILES string of the molecule is CC(C)c1ccc([N+](=O)[O-])cc1C(N)=O. The Bertz CT molecular complexity index is 413. The molecule has 0 aliphatic rings. The largest absolute Gasteiger partial charge is 0.366 e. The maximum Gasteiger partial charge on any atom is 0.270 e. The second-order valence-corrected chi connectivity index (χ2v) is 3.55. The predicted octanol–water partition coefficient (Wildman–Crippen LogP) is 1.82. The van der Waals surface area contributed by atoms with Gasteiger partial charge in [0, 0.05) is 17.7 Å². The van der Waals surface area contributed by atoms with Crippen LogP contribution >= 0.6 is 0 Å². The molecule has 0 unspecified atom stereocenters. The fourth-order valence-electron chi connectivity index (χ4n) is 1.37. The highest BCUT2D eigenvalue weighted by molar-refractivity contribution is 5.95. The van der Waals surface area contributed by atoms with Gasteiger partial charge in [-0.2, -0.15) is 0 Å². The molecule has 0 saturated heterocycles. The van der Waals surface area contributed by atoms with Crippen LogP contribution in [0.3, 0.4) is 0 Å². The monoisotopic (exact) mass is 208 g/mol. The lowest BCUT2D eigenvalue weighted by atomic mass is 9.96. The van der Waals surface area contributed by atoms with Crippen LogP contribution in [0.25, 0.3) is 0 Å². The number of rotatable bonds is 3. The fraction of sp³-hybridized carbons (Fsp3) is 0.300. The van der Waals surface area contributed by atoms with Gasteiger partial charge in [0.05, 0.1) is 4.92 Å². The van der Waals surface area contributed by atoms with E-state index >= 15 is 0 Å². The Balaban J connectivity index is 3.33. The third kappa shape index (κ3) is 2.31. The van der Waals surface area contributed by atoms with E-state index < -0.39 is 10.8 Å². The second-order valence-electron chi connectivity index (χ2n) is 3.55. The van der Waals surface area contributed by atoms with Crippen LogP contribution in [0.2, 0.25) is 0 Å². The molecule has 0 atom stereocenters. The molecule has 1 aromatic carbocycles. The van der Waals surface area contributed by atoms with Crippen LogP contribution < -0.4 is 5.73 Å². The van der Waals surface area contributed by atoms with Gasteiger partial charge in [-0.3, -0.25) is 14.9 Å². The van der Waals surface area contributed by atoms with Crippen molar-refractivity contribution in [2.75, 3.05) is 0 Å². The number of benzene rings is 1. The molecule has 0 aliphatic carbocycles.